The molecule has 2 aromatic rings. The van der Waals surface area contributed by atoms with Crippen LogP contribution in [0.2, 0.25) is 0 Å². The van der Waals surface area contributed by atoms with Gasteiger partial charge in [-0.25, -0.2) is 0 Å². The average Bonchev–Trinajstić information content (AvgIpc) is 2.66. The number of methoxy groups -OCH3 is 1. The van der Waals surface area contributed by atoms with Crippen LogP contribution in [0.15, 0.2) is 43.1 Å². The third-order valence-electron chi connectivity index (χ3n) is 5.74. The van der Waals surface area contributed by atoms with E-state index in [2.05, 4.69) is 11.6 Å². The molecule has 0 radical (unpaired) electrons. The maximum atomic E-state index is 13.3. The van der Waals surface area contributed by atoms with E-state index < -0.39 is 0 Å². The van der Waals surface area contributed by atoms with Crippen molar-refractivity contribution in [3.8, 4) is 5.75 Å². The monoisotopic (exact) mass is 323 g/mol. The van der Waals surface area contributed by atoms with E-state index in [9.17, 15) is 4.79 Å². The molecule has 0 amide bonds. The molecule has 3 aliphatic heterocycles. The molecule has 0 aliphatic carbocycles. The van der Waals surface area contributed by atoms with E-state index in [4.69, 9.17) is 4.74 Å². The Hall–Kier alpha value is -2.20. The summed E-state index contributed by atoms with van der Waals surface area (Å²) in [5, 5.41) is 0.888. The number of fused-ring (bicyclic) bond motifs is 4. The van der Waals surface area contributed by atoms with E-state index in [-0.39, 0.29) is 11.8 Å². The molecule has 1 unspecified atom stereocenters. The number of rotatable bonds is 4. The molecule has 4 heterocycles. The SMILES string of the molecule is C=C[C@@H]1C[C@@H]2CC[NH+]1[C@H](C(=O)c1ccnc3ccc(OC)cc13)C2. The number of nitrogens with zero attached hydrogens (tertiary/aromatic N) is 1. The van der Waals surface area contributed by atoms with Gasteiger partial charge in [-0.05, 0) is 42.7 Å². The van der Waals surface area contributed by atoms with Crippen molar-refractivity contribution >= 4 is 16.7 Å². The first-order valence-electron chi connectivity index (χ1n) is 8.66. The van der Waals surface area contributed by atoms with Crippen molar-refractivity contribution in [3.05, 3.63) is 48.7 Å². The van der Waals surface area contributed by atoms with Crippen LogP contribution in [-0.2, 0) is 0 Å². The number of quaternary nitrogens is 1. The molecule has 0 saturated carbocycles. The Morgan fingerprint density at radius 2 is 2.25 bits per heavy atom. The second-order valence-electron chi connectivity index (χ2n) is 6.95. The number of hydrogen-bond donors (Lipinski definition) is 1. The number of nitrogens with one attached hydrogen (secondary N) is 1. The minimum atomic E-state index is 0.0392. The van der Waals surface area contributed by atoms with Crippen LogP contribution < -0.4 is 9.64 Å². The summed E-state index contributed by atoms with van der Waals surface area (Å²) in [4.78, 5) is 19.1. The number of carbonyl (C=O) groups is 1. The number of Topliss-reactive ketones (excluding diaryl/α,β-unsaturated/α-hetero) is 1. The highest BCUT2D eigenvalue weighted by atomic mass is 16.5. The summed E-state index contributed by atoms with van der Waals surface area (Å²) in [5.74, 6) is 1.65. The largest absolute Gasteiger partial charge is 0.497 e. The van der Waals surface area contributed by atoms with Crippen molar-refractivity contribution in [1.29, 1.82) is 0 Å². The fraction of sp³-hybridized carbons (Fsp3) is 0.400. The van der Waals surface area contributed by atoms with E-state index in [1.165, 1.54) is 17.7 Å². The van der Waals surface area contributed by atoms with Gasteiger partial charge < -0.3 is 9.64 Å². The second kappa shape index (κ2) is 6.02. The molecular formula is C20H23N2O2+. The summed E-state index contributed by atoms with van der Waals surface area (Å²) in [6.45, 7) is 5.06. The molecule has 24 heavy (non-hydrogen) atoms. The lowest BCUT2D eigenvalue weighted by atomic mass is 9.76. The van der Waals surface area contributed by atoms with Gasteiger partial charge in [-0.1, -0.05) is 6.58 Å². The van der Waals surface area contributed by atoms with Gasteiger partial charge in [0.05, 0.1) is 19.2 Å². The smallest absolute Gasteiger partial charge is 0.220 e. The van der Waals surface area contributed by atoms with Gasteiger partial charge in [0, 0.05) is 30.0 Å². The number of aromatic nitrogens is 1. The minimum Gasteiger partial charge on any atom is -0.497 e. The van der Waals surface area contributed by atoms with E-state index in [0.717, 1.165) is 35.2 Å². The van der Waals surface area contributed by atoms with Gasteiger partial charge in [0.25, 0.3) is 0 Å². The summed E-state index contributed by atoms with van der Waals surface area (Å²) >= 11 is 0. The number of carbonyl (C=O) groups excluding carboxylic acids is 1. The molecular weight excluding hydrogens is 300 g/mol. The van der Waals surface area contributed by atoms with Crippen molar-refractivity contribution in [2.75, 3.05) is 13.7 Å². The fourth-order valence-electron chi connectivity index (χ4n) is 4.49. The molecule has 124 valence electrons. The van der Waals surface area contributed by atoms with Crippen LogP contribution in [0.5, 0.6) is 5.75 Å². The lowest BCUT2D eigenvalue weighted by Gasteiger charge is -2.45. The van der Waals surface area contributed by atoms with E-state index >= 15 is 0 Å². The summed E-state index contributed by atoms with van der Waals surface area (Å²) < 4.78 is 5.33. The maximum Gasteiger partial charge on any atom is 0.220 e. The second-order valence-corrected chi connectivity index (χ2v) is 6.95. The quantitative estimate of drug-likeness (QED) is 0.692. The van der Waals surface area contributed by atoms with Crippen molar-refractivity contribution in [2.45, 2.75) is 31.3 Å². The predicted molar refractivity (Wildman–Crippen MR) is 93.6 cm³/mol. The molecule has 1 aromatic carbocycles. The van der Waals surface area contributed by atoms with Gasteiger partial charge in [-0.2, -0.15) is 0 Å². The van der Waals surface area contributed by atoms with Crippen LogP contribution in [-0.4, -0.2) is 36.5 Å². The molecule has 3 aliphatic rings. The zero-order valence-corrected chi connectivity index (χ0v) is 14.0. The Kier molecular flexibility index (Phi) is 3.85. The third kappa shape index (κ3) is 2.42. The van der Waals surface area contributed by atoms with Crippen LogP contribution in [0.25, 0.3) is 10.9 Å². The van der Waals surface area contributed by atoms with Crippen LogP contribution in [0.3, 0.4) is 0 Å². The molecule has 3 fully saturated rings. The Morgan fingerprint density at radius 1 is 1.38 bits per heavy atom. The van der Waals surface area contributed by atoms with Crippen molar-refractivity contribution < 1.29 is 14.4 Å². The molecule has 1 aromatic heterocycles. The number of ketones is 1. The molecule has 3 saturated heterocycles. The van der Waals surface area contributed by atoms with Crippen LogP contribution in [0.4, 0.5) is 0 Å². The first-order chi connectivity index (χ1) is 11.7. The summed E-state index contributed by atoms with van der Waals surface area (Å²) in [7, 11) is 1.64. The summed E-state index contributed by atoms with van der Waals surface area (Å²) in [6.07, 6.45) is 7.17. The number of ether oxygens (including phenoxy) is 1. The first kappa shape index (κ1) is 15.3. The van der Waals surface area contributed by atoms with Crippen LogP contribution in [0.1, 0.15) is 29.6 Å². The third-order valence-corrected chi connectivity index (χ3v) is 5.74. The lowest BCUT2D eigenvalue weighted by molar-refractivity contribution is -0.950. The topological polar surface area (TPSA) is 43.6 Å². The Morgan fingerprint density at radius 3 is 3.00 bits per heavy atom. The number of pyridine rings is 1. The van der Waals surface area contributed by atoms with Crippen molar-refractivity contribution in [2.24, 2.45) is 5.92 Å². The average molecular weight is 323 g/mol. The Bertz CT molecular complexity index is 801. The molecule has 5 rings (SSSR count). The fourth-order valence-corrected chi connectivity index (χ4v) is 4.49. The molecule has 4 nitrogen and oxygen atoms in total. The van der Waals surface area contributed by atoms with Crippen molar-refractivity contribution in [3.63, 3.8) is 0 Å². The molecule has 4 heteroatoms. The van der Waals surface area contributed by atoms with Gasteiger partial charge in [0.15, 0.2) is 6.04 Å². The molecule has 2 bridgehead atoms. The standard InChI is InChI=1S/C20H22N2O2/c1-3-14-10-13-7-9-22(14)19(11-13)20(23)16-6-8-21-18-5-4-15(24-2)12-17(16)18/h3-6,8,12-14,19H,1,7,9-11H2,2H3/p+1/t13-,14+,19-/m0/s1. The highest BCUT2D eigenvalue weighted by Crippen LogP contribution is 2.29. The van der Waals surface area contributed by atoms with Crippen molar-refractivity contribution in [1.82, 2.24) is 4.98 Å². The van der Waals surface area contributed by atoms with Gasteiger partial charge >= 0.3 is 0 Å². The maximum absolute atomic E-state index is 13.3. The van der Waals surface area contributed by atoms with Gasteiger partial charge in [0.1, 0.15) is 11.8 Å². The Labute approximate surface area is 142 Å². The van der Waals surface area contributed by atoms with E-state index in [1.807, 2.05) is 30.3 Å². The minimum absolute atomic E-state index is 0.0392. The normalized spacial score (nSPS) is 28.7. The van der Waals surface area contributed by atoms with Crippen LogP contribution in [0, 0.1) is 5.92 Å². The van der Waals surface area contributed by atoms with Gasteiger partial charge in [0.2, 0.25) is 5.78 Å². The zero-order chi connectivity index (χ0) is 16.7. The van der Waals surface area contributed by atoms with Crippen LogP contribution >= 0.6 is 0 Å². The number of piperidine rings is 3. The molecule has 0 spiro atoms. The summed E-state index contributed by atoms with van der Waals surface area (Å²) in [6, 6.07) is 8.03. The Balaban J connectivity index is 1.74. The lowest BCUT2D eigenvalue weighted by Crippen LogP contribution is -3.22. The van der Waals surface area contributed by atoms with E-state index in [0.29, 0.717) is 12.0 Å². The highest BCUT2D eigenvalue weighted by molar-refractivity contribution is 6.09. The predicted octanol–water partition coefficient (Wildman–Crippen LogP) is 2.05. The van der Waals surface area contributed by atoms with Gasteiger partial charge in [-0.3, -0.25) is 9.78 Å². The molecule has 4 atom stereocenters. The summed E-state index contributed by atoms with van der Waals surface area (Å²) in [5.41, 5.74) is 1.61. The highest BCUT2D eigenvalue weighted by Gasteiger charge is 2.46. The number of hydrogen-bond acceptors (Lipinski definition) is 3. The zero-order valence-electron chi connectivity index (χ0n) is 14.0. The van der Waals surface area contributed by atoms with Gasteiger partial charge in [-0.15, -0.1) is 0 Å². The van der Waals surface area contributed by atoms with E-state index in [1.54, 1.807) is 13.3 Å². The molecule has 1 N–H and O–H groups in total. The number of benzene rings is 1. The first-order valence-corrected chi connectivity index (χ1v) is 8.66.